The molecule has 5 heteroatoms. The van der Waals surface area contributed by atoms with E-state index in [1.807, 2.05) is 0 Å². The van der Waals surface area contributed by atoms with E-state index in [1.54, 1.807) is 0 Å². The van der Waals surface area contributed by atoms with Crippen molar-refractivity contribution in [3.63, 3.8) is 0 Å². The Morgan fingerprint density at radius 3 is 0.756 bits per heavy atom. The minimum atomic E-state index is -0.776. The van der Waals surface area contributed by atoms with Crippen LogP contribution in [0.25, 0.3) is 0 Å². The first kappa shape index (κ1) is 82.8. The molecule has 1 N–H and O–H groups in total. The van der Waals surface area contributed by atoms with Crippen LogP contribution in [0.3, 0.4) is 0 Å². The first-order chi connectivity index (χ1) is 42.6. The second-order valence-corrected chi connectivity index (χ2v) is 25.4. The molecule has 0 aromatic heterocycles. The molecule has 0 aliphatic heterocycles. The Bertz CT molecular complexity index is 1600. The molecule has 0 radical (unpaired) electrons. The van der Waals surface area contributed by atoms with Crippen molar-refractivity contribution >= 4 is 11.9 Å². The largest absolute Gasteiger partial charge is 0.462 e. The molecule has 0 aliphatic rings. The maximum atomic E-state index is 12.4. The number of aliphatic hydroxyl groups excluding tert-OH is 1. The third kappa shape index (κ3) is 73.3. The van der Waals surface area contributed by atoms with Crippen molar-refractivity contribution in [1.29, 1.82) is 0 Å². The molecule has 1 unspecified atom stereocenters. The van der Waals surface area contributed by atoms with Crippen molar-refractivity contribution in [1.82, 2.24) is 0 Å². The van der Waals surface area contributed by atoms with Crippen LogP contribution in [0.15, 0.2) is 97.2 Å². The topological polar surface area (TPSA) is 72.8 Å². The van der Waals surface area contributed by atoms with E-state index < -0.39 is 6.10 Å². The molecule has 0 rings (SSSR count). The fourth-order valence-corrected chi connectivity index (χ4v) is 11.3. The summed E-state index contributed by atoms with van der Waals surface area (Å²) in [5.74, 6) is -0.575. The maximum absolute atomic E-state index is 12.4. The third-order valence-corrected chi connectivity index (χ3v) is 16.9. The van der Waals surface area contributed by atoms with Crippen molar-refractivity contribution in [2.75, 3.05) is 13.2 Å². The molecule has 0 heterocycles. The molecule has 0 spiro atoms. The van der Waals surface area contributed by atoms with E-state index in [1.165, 1.54) is 270 Å². The van der Waals surface area contributed by atoms with Crippen molar-refractivity contribution in [3.05, 3.63) is 97.2 Å². The van der Waals surface area contributed by atoms with Gasteiger partial charge in [0.2, 0.25) is 0 Å². The van der Waals surface area contributed by atoms with Crippen LogP contribution in [0.4, 0.5) is 0 Å². The summed E-state index contributed by atoms with van der Waals surface area (Å²) in [5.41, 5.74) is 0. The zero-order valence-corrected chi connectivity index (χ0v) is 57.3. The standard InChI is InChI=1S/C81H144O5/c1-3-5-7-9-11-13-15-17-19-21-23-25-27-29-31-33-35-37-38-39-40-41-42-44-46-48-50-52-54-56-58-60-62-64-66-68-70-72-74-76-81(84)86-79(77-82)78-85-80(83)75-73-71-69-67-65-63-61-59-57-55-53-51-49-47-45-43-36-34-32-30-28-26-24-22-20-18-16-14-12-10-8-6-4-2/h5,7,11,13,17,19,23,25,29,31,35,37,39-40,42,44,79,82H,3-4,6,8-10,12,14-16,18,20-22,24,26-28,30,32-34,36,38,41,43,45-78H2,1-2H3/b7-5-,13-11-,19-17-,25-23-,31-29-,37-35-,40-39-,44-42-. The van der Waals surface area contributed by atoms with Gasteiger partial charge in [-0.2, -0.15) is 0 Å². The molecule has 0 fully saturated rings. The van der Waals surface area contributed by atoms with E-state index in [0.717, 1.165) is 89.9 Å². The lowest BCUT2D eigenvalue weighted by Crippen LogP contribution is -2.28. The van der Waals surface area contributed by atoms with Gasteiger partial charge in [0.25, 0.3) is 0 Å². The van der Waals surface area contributed by atoms with Crippen molar-refractivity contribution < 1.29 is 24.2 Å². The molecule has 0 bridgehead atoms. The summed E-state index contributed by atoms with van der Waals surface area (Å²) in [4.78, 5) is 24.7. The number of hydrogen-bond donors (Lipinski definition) is 1. The van der Waals surface area contributed by atoms with Crippen LogP contribution in [0.5, 0.6) is 0 Å². The summed E-state index contributed by atoms with van der Waals surface area (Å²) >= 11 is 0. The van der Waals surface area contributed by atoms with Crippen LogP contribution < -0.4 is 0 Å². The summed E-state index contributed by atoms with van der Waals surface area (Å²) in [6.07, 6.45) is 109. The van der Waals surface area contributed by atoms with Gasteiger partial charge in [-0.15, -0.1) is 0 Å². The molecule has 0 saturated carbocycles. The lowest BCUT2D eigenvalue weighted by molar-refractivity contribution is -0.161. The molecule has 0 aromatic rings. The average molecular weight is 1200 g/mol. The second kappa shape index (κ2) is 76.1. The number of allylic oxidation sites excluding steroid dienone is 16. The van der Waals surface area contributed by atoms with Gasteiger partial charge in [-0.25, -0.2) is 0 Å². The van der Waals surface area contributed by atoms with Gasteiger partial charge < -0.3 is 14.6 Å². The van der Waals surface area contributed by atoms with Gasteiger partial charge in [-0.3, -0.25) is 9.59 Å². The van der Waals surface area contributed by atoms with E-state index in [2.05, 4.69) is 111 Å². The maximum Gasteiger partial charge on any atom is 0.306 e. The summed E-state index contributed by atoms with van der Waals surface area (Å²) in [6.45, 7) is 4.08. The molecule has 1 atom stereocenters. The summed E-state index contributed by atoms with van der Waals surface area (Å²) < 4.78 is 10.8. The quantitative estimate of drug-likeness (QED) is 0.0373. The summed E-state index contributed by atoms with van der Waals surface area (Å²) in [6, 6.07) is 0. The third-order valence-electron chi connectivity index (χ3n) is 16.9. The Labute approximate surface area is 536 Å². The molecular formula is C81H144O5. The van der Waals surface area contributed by atoms with Crippen molar-refractivity contribution in [3.8, 4) is 0 Å². The minimum absolute atomic E-state index is 0.0642. The van der Waals surface area contributed by atoms with E-state index >= 15 is 0 Å². The molecular weight excluding hydrogens is 1050 g/mol. The highest BCUT2D eigenvalue weighted by Crippen LogP contribution is 2.19. The number of ether oxygens (including phenoxy) is 2. The van der Waals surface area contributed by atoms with Gasteiger partial charge in [-0.1, -0.05) is 394 Å². The molecule has 0 saturated heterocycles. The van der Waals surface area contributed by atoms with E-state index in [4.69, 9.17) is 9.47 Å². The monoisotopic (exact) mass is 1200 g/mol. The molecule has 5 nitrogen and oxygen atoms in total. The van der Waals surface area contributed by atoms with Crippen molar-refractivity contribution in [2.45, 2.75) is 392 Å². The fourth-order valence-electron chi connectivity index (χ4n) is 11.3. The predicted molar refractivity (Wildman–Crippen MR) is 380 cm³/mol. The number of unbranched alkanes of at least 4 members (excludes halogenated alkanes) is 46. The Morgan fingerprint density at radius 2 is 0.500 bits per heavy atom. The van der Waals surface area contributed by atoms with E-state index in [9.17, 15) is 14.7 Å². The molecule has 86 heavy (non-hydrogen) atoms. The first-order valence-corrected chi connectivity index (χ1v) is 37.8. The Morgan fingerprint density at radius 1 is 0.279 bits per heavy atom. The van der Waals surface area contributed by atoms with Gasteiger partial charge in [0.1, 0.15) is 6.61 Å². The van der Waals surface area contributed by atoms with Crippen LogP contribution in [-0.4, -0.2) is 36.4 Å². The SMILES string of the molecule is CC/C=C\C/C=C\C/C=C\C/C=C\C/C=C\C/C=C\C/C=C\C/C=C\CCCCCCCCCCCCCCCCC(=O)OC(CO)COC(=O)CCCCCCCCCCCCCCCCCCCCCCCCCCCCCCCCCCC. The van der Waals surface area contributed by atoms with Gasteiger partial charge in [0, 0.05) is 12.8 Å². The highest BCUT2D eigenvalue weighted by Gasteiger charge is 2.16. The van der Waals surface area contributed by atoms with E-state index in [0.29, 0.717) is 12.8 Å². The van der Waals surface area contributed by atoms with Crippen LogP contribution in [-0.2, 0) is 19.1 Å². The van der Waals surface area contributed by atoms with Crippen LogP contribution in [0.2, 0.25) is 0 Å². The zero-order chi connectivity index (χ0) is 61.9. The predicted octanol–water partition coefficient (Wildman–Crippen LogP) is 26.5. The summed E-state index contributed by atoms with van der Waals surface area (Å²) in [7, 11) is 0. The first-order valence-electron chi connectivity index (χ1n) is 37.8. The smallest absolute Gasteiger partial charge is 0.306 e. The number of esters is 2. The Kier molecular flexibility index (Phi) is 73.3. The Balaban J connectivity index is 3.44. The number of carbonyl (C=O) groups excluding carboxylic acids is 2. The number of carbonyl (C=O) groups is 2. The van der Waals surface area contributed by atoms with E-state index in [-0.39, 0.29) is 25.2 Å². The number of aliphatic hydroxyl groups is 1. The number of hydrogen-bond acceptors (Lipinski definition) is 5. The molecule has 0 aromatic carbocycles. The minimum Gasteiger partial charge on any atom is -0.462 e. The molecule has 0 aliphatic carbocycles. The van der Waals surface area contributed by atoms with Gasteiger partial charge in [0.15, 0.2) is 6.10 Å². The highest BCUT2D eigenvalue weighted by atomic mass is 16.6. The highest BCUT2D eigenvalue weighted by molar-refractivity contribution is 5.70. The zero-order valence-electron chi connectivity index (χ0n) is 57.3. The van der Waals surface area contributed by atoms with Gasteiger partial charge >= 0.3 is 11.9 Å². The van der Waals surface area contributed by atoms with Crippen LogP contribution >= 0.6 is 0 Å². The van der Waals surface area contributed by atoms with Crippen molar-refractivity contribution in [2.24, 2.45) is 0 Å². The molecule has 498 valence electrons. The second-order valence-electron chi connectivity index (χ2n) is 25.4. The number of rotatable bonds is 70. The lowest BCUT2D eigenvalue weighted by atomic mass is 10.0. The average Bonchev–Trinajstić information content (AvgIpc) is 3.55. The fraction of sp³-hybridized carbons (Fsp3) is 0.778. The summed E-state index contributed by atoms with van der Waals surface area (Å²) in [5, 5.41) is 9.72. The molecule has 0 amide bonds. The van der Waals surface area contributed by atoms with Gasteiger partial charge in [0.05, 0.1) is 6.61 Å². The van der Waals surface area contributed by atoms with Gasteiger partial charge in [-0.05, 0) is 77.0 Å². The normalized spacial score (nSPS) is 12.7. The van der Waals surface area contributed by atoms with Crippen LogP contribution in [0.1, 0.15) is 386 Å². The Hall–Kier alpha value is -3.18. The van der Waals surface area contributed by atoms with Crippen LogP contribution in [0, 0.1) is 0 Å². The lowest BCUT2D eigenvalue weighted by Gasteiger charge is -2.15.